The third kappa shape index (κ3) is 1.85. The van der Waals surface area contributed by atoms with Crippen LogP contribution in [0.2, 0.25) is 0 Å². The van der Waals surface area contributed by atoms with Crippen LogP contribution in [0.3, 0.4) is 0 Å². The maximum Gasteiger partial charge on any atom is 0.323 e. The first-order valence-corrected chi connectivity index (χ1v) is 3.64. The summed E-state index contributed by atoms with van der Waals surface area (Å²) < 4.78 is 0. The summed E-state index contributed by atoms with van der Waals surface area (Å²) in [6.45, 7) is 0. The molecule has 1 atom stereocenters. The quantitative estimate of drug-likeness (QED) is 0.534. The fraction of sp³-hybridized carbons (Fsp3) is 0.750. The lowest BCUT2D eigenvalue weighted by atomic mass is 10.4. The summed E-state index contributed by atoms with van der Waals surface area (Å²) >= 11 is 1.47. The Hall–Kier alpha value is -0.260. The third-order valence-electron chi connectivity index (χ3n) is 0.950. The van der Waals surface area contributed by atoms with E-state index in [1.165, 1.54) is 11.8 Å². The second kappa shape index (κ2) is 3.05. The van der Waals surface area contributed by atoms with Crippen LogP contribution in [0.1, 0.15) is 0 Å². The molecular formula is C4H7NO3S. The largest absolute Gasteiger partial charge is 0.480 e. The predicted molar refractivity (Wildman–Crippen MR) is 33.0 cm³/mol. The lowest BCUT2D eigenvalue weighted by molar-refractivity contribution is -0.142. The molecule has 1 rings (SSSR count). The minimum absolute atomic E-state index is 0.532. The first-order valence-electron chi connectivity index (χ1n) is 2.48. The van der Waals surface area contributed by atoms with Crippen LogP contribution < -0.4 is 5.48 Å². The summed E-state index contributed by atoms with van der Waals surface area (Å²) in [5, 5.41) is 8.38. The van der Waals surface area contributed by atoms with Gasteiger partial charge in [-0.15, -0.1) is 11.8 Å². The standard InChI is InChI=1S/C4H7NO3S/c6-4(7)3-1-9-2-8-5-3/h3,5H,1-2H2,(H,6,7). The van der Waals surface area contributed by atoms with Crippen LogP contribution in [-0.4, -0.2) is 28.8 Å². The van der Waals surface area contributed by atoms with E-state index in [1.807, 2.05) is 0 Å². The molecule has 1 unspecified atom stereocenters. The van der Waals surface area contributed by atoms with Gasteiger partial charge in [0.1, 0.15) is 12.0 Å². The highest BCUT2D eigenvalue weighted by molar-refractivity contribution is 7.99. The molecule has 1 fully saturated rings. The van der Waals surface area contributed by atoms with E-state index in [9.17, 15) is 4.79 Å². The molecule has 0 saturated carbocycles. The average molecular weight is 149 g/mol. The van der Waals surface area contributed by atoms with E-state index in [2.05, 4.69) is 10.3 Å². The number of hydrogen-bond donors (Lipinski definition) is 2. The zero-order chi connectivity index (χ0) is 6.69. The molecule has 0 spiro atoms. The second-order valence-electron chi connectivity index (χ2n) is 1.64. The maximum absolute atomic E-state index is 10.2. The fourth-order valence-corrected chi connectivity index (χ4v) is 1.19. The van der Waals surface area contributed by atoms with Crippen LogP contribution in [0.25, 0.3) is 0 Å². The van der Waals surface area contributed by atoms with Gasteiger partial charge in [-0.3, -0.25) is 9.63 Å². The van der Waals surface area contributed by atoms with Crippen LogP contribution in [0, 0.1) is 0 Å². The van der Waals surface area contributed by atoms with Gasteiger partial charge >= 0.3 is 5.97 Å². The van der Waals surface area contributed by atoms with Crippen molar-refractivity contribution in [1.29, 1.82) is 0 Å². The van der Waals surface area contributed by atoms with Gasteiger partial charge in [-0.05, 0) is 0 Å². The summed E-state index contributed by atoms with van der Waals surface area (Å²) in [7, 11) is 0. The molecule has 0 bridgehead atoms. The molecule has 0 aliphatic carbocycles. The number of carboxylic acid groups (broad SMARTS) is 1. The molecule has 0 amide bonds. The molecule has 2 N–H and O–H groups in total. The number of rotatable bonds is 1. The Bertz CT molecular complexity index is 112. The summed E-state index contributed by atoms with van der Waals surface area (Å²) in [6, 6.07) is -0.538. The van der Waals surface area contributed by atoms with E-state index in [-0.39, 0.29) is 0 Å². The Kier molecular flexibility index (Phi) is 2.32. The molecule has 9 heavy (non-hydrogen) atoms. The Morgan fingerprint density at radius 2 is 2.67 bits per heavy atom. The van der Waals surface area contributed by atoms with Crippen molar-refractivity contribution in [1.82, 2.24) is 5.48 Å². The number of hydroxylamine groups is 1. The molecule has 1 aliphatic rings. The van der Waals surface area contributed by atoms with Crippen molar-refractivity contribution in [3.05, 3.63) is 0 Å². The van der Waals surface area contributed by atoms with Gasteiger partial charge in [-0.2, -0.15) is 5.48 Å². The van der Waals surface area contributed by atoms with Crippen molar-refractivity contribution in [2.24, 2.45) is 0 Å². The van der Waals surface area contributed by atoms with Gasteiger partial charge in [-0.1, -0.05) is 0 Å². The first kappa shape index (κ1) is 6.85. The second-order valence-corrected chi connectivity index (χ2v) is 2.62. The van der Waals surface area contributed by atoms with Crippen LogP contribution in [-0.2, 0) is 9.63 Å². The van der Waals surface area contributed by atoms with Crippen molar-refractivity contribution in [3.63, 3.8) is 0 Å². The monoisotopic (exact) mass is 149 g/mol. The Balaban J connectivity index is 2.31. The van der Waals surface area contributed by atoms with Crippen LogP contribution in [0.15, 0.2) is 0 Å². The van der Waals surface area contributed by atoms with Crippen LogP contribution in [0.4, 0.5) is 0 Å². The van der Waals surface area contributed by atoms with Gasteiger partial charge in [0.2, 0.25) is 0 Å². The molecule has 52 valence electrons. The normalized spacial score (nSPS) is 27.8. The molecule has 4 nitrogen and oxygen atoms in total. The molecule has 0 aromatic carbocycles. The molecular weight excluding hydrogens is 142 g/mol. The van der Waals surface area contributed by atoms with Crippen molar-refractivity contribution in [3.8, 4) is 0 Å². The lowest BCUT2D eigenvalue weighted by Crippen LogP contribution is -2.41. The van der Waals surface area contributed by atoms with Crippen LogP contribution in [0.5, 0.6) is 0 Å². The number of carboxylic acids is 1. The minimum Gasteiger partial charge on any atom is -0.480 e. The Morgan fingerprint density at radius 1 is 1.89 bits per heavy atom. The van der Waals surface area contributed by atoms with E-state index >= 15 is 0 Å². The van der Waals surface area contributed by atoms with Gasteiger partial charge in [0.05, 0.1) is 0 Å². The summed E-state index contributed by atoms with van der Waals surface area (Å²) in [4.78, 5) is 14.9. The predicted octanol–water partition coefficient (Wildman–Crippen LogP) is -0.335. The molecule has 1 saturated heterocycles. The van der Waals surface area contributed by atoms with E-state index in [1.54, 1.807) is 0 Å². The van der Waals surface area contributed by atoms with Gasteiger partial charge in [0.15, 0.2) is 0 Å². The molecule has 0 aromatic rings. The first-order chi connectivity index (χ1) is 4.30. The minimum atomic E-state index is -0.859. The van der Waals surface area contributed by atoms with E-state index in [4.69, 9.17) is 5.11 Å². The highest BCUT2D eigenvalue weighted by atomic mass is 32.2. The van der Waals surface area contributed by atoms with Gasteiger partial charge in [0, 0.05) is 5.75 Å². The summed E-state index contributed by atoms with van der Waals surface area (Å²) in [5.41, 5.74) is 2.40. The van der Waals surface area contributed by atoms with Crippen molar-refractivity contribution >= 4 is 17.7 Å². The highest BCUT2D eigenvalue weighted by Crippen LogP contribution is 2.07. The molecule has 5 heteroatoms. The lowest BCUT2D eigenvalue weighted by Gasteiger charge is -2.18. The summed E-state index contributed by atoms with van der Waals surface area (Å²) in [5.74, 6) is 0.251. The van der Waals surface area contributed by atoms with Gasteiger partial charge < -0.3 is 5.11 Å². The smallest absolute Gasteiger partial charge is 0.323 e. The fourth-order valence-electron chi connectivity index (χ4n) is 0.498. The summed E-state index contributed by atoms with van der Waals surface area (Å²) in [6.07, 6.45) is 0. The Labute approximate surface area is 56.5 Å². The molecule has 1 heterocycles. The number of nitrogens with one attached hydrogen (secondary N) is 1. The zero-order valence-electron chi connectivity index (χ0n) is 4.66. The number of thioether (sulfide) groups is 1. The average Bonchev–Trinajstić information content (AvgIpc) is 1.90. The highest BCUT2D eigenvalue weighted by Gasteiger charge is 2.20. The van der Waals surface area contributed by atoms with Crippen LogP contribution >= 0.6 is 11.8 Å². The number of hydrogen-bond acceptors (Lipinski definition) is 4. The SMILES string of the molecule is O=C(O)C1CSCON1. The van der Waals surface area contributed by atoms with E-state index in [0.717, 1.165) is 0 Å². The van der Waals surface area contributed by atoms with Crippen molar-refractivity contribution in [2.75, 3.05) is 11.7 Å². The van der Waals surface area contributed by atoms with E-state index < -0.39 is 12.0 Å². The zero-order valence-corrected chi connectivity index (χ0v) is 5.48. The molecule has 0 radical (unpaired) electrons. The topological polar surface area (TPSA) is 58.6 Å². The Morgan fingerprint density at radius 3 is 3.00 bits per heavy atom. The van der Waals surface area contributed by atoms with Gasteiger partial charge in [-0.25, -0.2) is 0 Å². The molecule has 0 aromatic heterocycles. The van der Waals surface area contributed by atoms with Crippen molar-refractivity contribution in [2.45, 2.75) is 6.04 Å². The number of aliphatic carboxylic acids is 1. The number of carbonyl (C=O) groups is 1. The van der Waals surface area contributed by atoms with E-state index in [0.29, 0.717) is 11.7 Å². The van der Waals surface area contributed by atoms with Gasteiger partial charge in [0.25, 0.3) is 0 Å². The van der Waals surface area contributed by atoms with Crippen molar-refractivity contribution < 1.29 is 14.7 Å². The maximum atomic E-state index is 10.2. The molecule has 1 aliphatic heterocycles. The third-order valence-corrected chi connectivity index (χ3v) is 1.80.